The molecule has 2 heterocycles. The van der Waals surface area contributed by atoms with Gasteiger partial charge in [0.1, 0.15) is 11.6 Å². The van der Waals surface area contributed by atoms with E-state index in [1.165, 1.54) is 0 Å². The van der Waals surface area contributed by atoms with Crippen molar-refractivity contribution in [2.24, 2.45) is 5.92 Å². The summed E-state index contributed by atoms with van der Waals surface area (Å²) in [7, 11) is 1.90. The fourth-order valence-electron chi connectivity index (χ4n) is 2.30. The molecule has 1 aliphatic heterocycles. The van der Waals surface area contributed by atoms with Crippen molar-refractivity contribution in [3.05, 3.63) is 17.6 Å². The van der Waals surface area contributed by atoms with E-state index < -0.39 is 0 Å². The topological polar surface area (TPSA) is 47.0 Å². The summed E-state index contributed by atoms with van der Waals surface area (Å²) in [6, 6.07) is 2.04. The molecule has 100 valence electrons. The first-order chi connectivity index (χ1) is 8.67. The molecule has 1 aromatic heterocycles. The van der Waals surface area contributed by atoms with E-state index in [0.717, 1.165) is 49.6 Å². The molecule has 0 amide bonds. The summed E-state index contributed by atoms with van der Waals surface area (Å²) in [6.07, 6.45) is 4.43. The average Bonchev–Trinajstić information content (AvgIpc) is 2.80. The maximum atomic E-state index is 5.65. The molecule has 4 nitrogen and oxygen atoms in total. The Morgan fingerprint density at radius 2 is 2.28 bits per heavy atom. The van der Waals surface area contributed by atoms with Crippen molar-refractivity contribution in [1.29, 1.82) is 0 Å². The van der Waals surface area contributed by atoms with Crippen molar-refractivity contribution < 1.29 is 4.74 Å². The number of hydrogen-bond acceptors (Lipinski definition) is 4. The van der Waals surface area contributed by atoms with E-state index in [1.807, 2.05) is 13.1 Å². The van der Waals surface area contributed by atoms with Crippen LogP contribution >= 0.6 is 0 Å². The van der Waals surface area contributed by atoms with E-state index in [2.05, 4.69) is 29.1 Å². The van der Waals surface area contributed by atoms with Gasteiger partial charge in [0.2, 0.25) is 0 Å². The standard InChI is InChI=1S/C14H23N3O/c1-10(2)7-11-8-13(15-3)17-14(16-11)9-12-5-4-6-18-12/h8,10,12H,4-7,9H2,1-3H3,(H,15,16,17). The predicted octanol–water partition coefficient (Wildman–Crippen LogP) is 2.44. The van der Waals surface area contributed by atoms with Crippen molar-refractivity contribution in [3.8, 4) is 0 Å². The van der Waals surface area contributed by atoms with Crippen LogP contribution in [0.1, 0.15) is 38.2 Å². The molecule has 1 N–H and O–H groups in total. The first-order valence-corrected chi connectivity index (χ1v) is 6.83. The van der Waals surface area contributed by atoms with Crippen LogP contribution in [-0.4, -0.2) is 29.7 Å². The summed E-state index contributed by atoms with van der Waals surface area (Å²) in [6.45, 7) is 5.30. The minimum Gasteiger partial charge on any atom is -0.378 e. The highest BCUT2D eigenvalue weighted by molar-refractivity contribution is 5.35. The normalized spacial score (nSPS) is 19.4. The number of nitrogens with one attached hydrogen (secondary N) is 1. The van der Waals surface area contributed by atoms with Gasteiger partial charge in [0.05, 0.1) is 6.10 Å². The van der Waals surface area contributed by atoms with Gasteiger partial charge in [-0.1, -0.05) is 13.8 Å². The molecule has 1 fully saturated rings. The van der Waals surface area contributed by atoms with Gasteiger partial charge < -0.3 is 10.1 Å². The average molecular weight is 249 g/mol. The van der Waals surface area contributed by atoms with E-state index in [1.54, 1.807) is 0 Å². The van der Waals surface area contributed by atoms with Gasteiger partial charge in [-0.25, -0.2) is 9.97 Å². The molecule has 1 aliphatic rings. The Balaban J connectivity index is 2.11. The fourth-order valence-corrected chi connectivity index (χ4v) is 2.30. The van der Waals surface area contributed by atoms with E-state index in [0.29, 0.717) is 12.0 Å². The maximum absolute atomic E-state index is 5.65. The second kappa shape index (κ2) is 6.14. The molecule has 0 saturated carbocycles. The van der Waals surface area contributed by atoms with E-state index in [9.17, 15) is 0 Å². The molecule has 0 radical (unpaired) electrons. The van der Waals surface area contributed by atoms with Crippen molar-refractivity contribution in [3.63, 3.8) is 0 Å². The van der Waals surface area contributed by atoms with Crippen LogP contribution in [0, 0.1) is 5.92 Å². The third-order valence-corrected chi connectivity index (χ3v) is 3.13. The van der Waals surface area contributed by atoms with Gasteiger partial charge in [-0.3, -0.25) is 0 Å². The Bertz CT molecular complexity index is 387. The predicted molar refractivity (Wildman–Crippen MR) is 72.8 cm³/mol. The van der Waals surface area contributed by atoms with Crippen molar-refractivity contribution >= 4 is 5.82 Å². The molecule has 0 bridgehead atoms. The first kappa shape index (κ1) is 13.3. The zero-order valence-electron chi connectivity index (χ0n) is 11.6. The Morgan fingerprint density at radius 3 is 2.89 bits per heavy atom. The summed E-state index contributed by atoms with van der Waals surface area (Å²) < 4.78 is 5.65. The summed E-state index contributed by atoms with van der Waals surface area (Å²) in [5, 5.41) is 3.11. The molecule has 1 atom stereocenters. The quantitative estimate of drug-likeness (QED) is 0.870. The smallest absolute Gasteiger partial charge is 0.133 e. The number of nitrogens with zero attached hydrogens (tertiary/aromatic N) is 2. The van der Waals surface area contributed by atoms with Crippen LogP contribution in [0.15, 0.2) is 6.07 Å². The number of ether oxygens (including phenoxy) is 1. The van der Waals surface area contributed by atoms with Crippen molar-refractivity contribution in [2.75, 3.05) is 19.0 Å². The minimum atomic E-state index is 0.309. The second-order valence-electron chi connectivity index (χ2n) is 5.35. The minimum absolute atomic E-state index is 0.309. The number of anilines is 1. The number of rotatable bonds is 5. The summed E-state index contributed by atoms with van der Waals surface area (Å²) in [4.78, 5) is 9.17. The zero-order valence-corrected chi connectivity index (χ0v) is 11.6. The van der Waals surface area contributed by atoms with E-state index in [-0.39, 0.29) is 0 Å². The molecule has 0 aromatic carbocycles. The van der Waals surface area contributed by atoms with Crippen LogP contribution in [-0.2, 0) is 17.6 Å². The van der Waals surface area contributed by atoms with Crippen LogP contribution in [0.2, 0.25) is 0 Å². The lowest BCUT2D eigenvalue weighted by atomic mass is 10.1. The Hall–Kier alpha value is -1.16. The Kier molecular flexibility index (Phi) is 4.53. The molecular weight excluding hydrogens is 226 g/mol. The SMILES string of the molecule is CNc1cc(CC(C)C)nc(CC2CCCO2)n1. The van der Waals surface area contributed by atoms with Crippen molar-refractivity contribution in [2.45, 2.75) is 45.6 Å². The van der Waals surface area contributed by atoms with Crippen LogP contribution in [0.25, 0.3) is 0 Å². The Labute approximate surface area is 109 Å². The first-order valence-electron chi connectivity index (χ1n) is 6.83. The van der Waals surface area contributed by atoms with Gasteiger partial charge in [-0.15, -0.1) is 0 Å². The van der Waals surface area contributed by atoms with Gasteiger partial charge >= 0.3 is 0 Å². The lowest BCUT2D eigenvalue weighted by Gasteiger charge is -2.12. The molecule has 1 unspecified atom stereocenters. The maximum Gasteiger partial charge on any atom is 0.133 e. The van der Waals surface area contributed by atoms with E-state index >= 15 is 0 Å². The van der Waals surface area contributed by atoms with E-state index in [4.69, 9.17) is 4.74 Å². The summed E-state index contributed by atoms with van der Waals surface area (Å²) in [5.41, 5.74) is 1.12. The third kappa shape index (κ3) is 3.67. The van der Waals surface area contributed by atoms with Gasteiger partial charge in [0, 0.05) is 31.8 Å². The van der Waals surface area contributed by atoms with Gasteiger partial charge in [-0.2, -0.15) is 0 Å². The molecule has 0 aliphatic carbocycles. The van der Waals surface area contributed by atoms with Crippen LogP contribution < -0.4 is 5.32 Å². The Morgan fingerprint density at radius 1 is 1.44 bits per heavy atom. The summed E-state index contributed by atoms with van der Waals surface area (Å²) in [5.74, 6) is 2.43. The highest BCUT2D eigenvalue weighted by atomic mass is 16.5. The lowest BCUT2D eigenvalue weighted by Crippen LogP contribution is -2.14. The number of hydrogen-bond donors (Lipinski definition) is 1. The molecule has 1 saturated heterocycles. The molecule has 1 aromatic rings. The van der Waals surface area contributed by atoms with Crippen molar-refractivity contribution in [1.82, 2.24) is 9.97 Å². The second-order valence-corrected chi connectivity index (χ2v) is 5.35. The highest BCUT2D eigenvalue weighted by Gasteiger charge is 2.18. The monoisotopic (exact) mass is 249 g/mol. The molecule has 2 rings (SSSR count). The fraction of sp³-hybridized carbons (Fsp3) is 0.714. The molecule has 4 heteroatoms. The van der Waals surface area contributed by atoms with Crippen LogP contribution in [0.3, 0.4) is 0 Å². The molecule has 0 spiro atoms. The van der Waals surface area contributed by atoms with Crippen LogP contribution in [0.4, 0.5) is 5.82 Å². The lowest BCUT2D eigenvalue weighted by molar-refractivity contribution is 0.110. The molecule has 18 heavy (non-hydrogen) atoms. The third-order valence-electron chi connectivity index (χ3n) is 3.13. The summed E-state index contributed by atoms with van der Waals surface area (Å²) >= 11 is 0. The largest absolute Gasteiger partial charge is 0.378 e. The highest BCUT2D eigenvalue weighted by Crippen LogP contribution is 2.17. The van der Waals surface area contributed by atoms with Crippen LogP contribution in [0.5, 0.6) is 0 Å². The van der Waals surface area contributed by atoms with Gasteiger partial charge in [0.15, 0.2) is 0 Å². The number of aromatic nitrogens is 2. The van der Waals surface area contributed by atoms with Gasteiger partial charge in [-0.05, 0) is 25.2 Å². The van der Waals surface area contributed by atoms with Gasteiger partial charge in [0.25, 0.3) is 0 Å². The molecular formula is C14H23N3O. The zero-order chi connectivity index (χ0) is 13.0.